The van der Waals surface area contributed by atoms with Crippen LogP contribution in [0.3, 0.4) is 0 Å². The molecule has 0 aliphatic carbocycles. The molecule has 0 saturated heterocycles. The molecular weight excluding hydrogens is 883 g/mol. The van der Waals surface area contributed by atoms with Gasteiger partial charge in [-0.1, -0.05) is 115 Å². The van der Waals surface area contributed by atoms with Crippen LogP contribution in [-0.2, 0) is 48.6 Å². The first kappa shape index (κ1) is 55.5. The lowest BCUT2D eigenvalue weighted by molar-refractivity contribution is -0.145. The van der Waals surface area contributed by atoms with Gasteiger partial charge in [-0.25, -0.2) is 9.59 Å². The summed E-state index contributed by atoms with van der Waals surface area (Å²) in [4.78, 5) is 108. The SMILES string of the molecule is C=CC[C@H](NC(=O)OC(C)(C)C)C(=O)N[C@@H](C)C(=O)N[C@@H](CC=C)C(=O)N[C@@H](CC=C)C(=O)N[C@@H](CC(=O)NC(c1ccccc1)(c1ccccc1)c1ccccc1)C(=O)N[C@@H](CC=C)C(=O)OC. The minimum atomic E-state index is -1.64. The molecule has 3 aromatic rings. The Hall–Kier alpha value is -7.82. The maximum absolute atomic E-state index is 14.6. The highest BCUT2D eigenvalue weighted by atomic mass is 16.6. The number of hydrogen-bond acceptors (Lipinski definition) is 10. The van der Waals surface area contributed by atoms with Crippen LogP contribution in [0.1, 0.15) is 76.5 Å². The van der Waals surface area contributed by atoms with E-state index < -0.39 is 101 Å². The summed E-state index contributed by atoms with van der Waals surface area (Å²) in [6, 6.07) is 19.7. The summed E-state index contributed by atoms with van der Waals surface area (Å²) < 4.78 is 10.1. The average Bonchev–Trinajstić information content (AvgIpc) is 3.32. The van der Waals surface area contributed by atoms with Crippen molar-refractivity contribution >= 4 is 47.5 Å². The molecule has 0 bridgehead atoms. The van der Waals surface area contributed by atoms with E-state index in [2.05, 4.69) is 63.5 Å². The van der Waals surface area contributed by atoms with Gasteiger partial charge in [-0.2, -0.15) is 0 Å². The molecule has 0 unspecified atom stereocenters. The van der Waals surface area contributed by atoms with Gasteiger partial charge in [0.25, 0.3) is 0 Å². The third-order valence-electron chi connectivity index (χ3n) is 10.4. The highest BCUT2D eigenvalue weighted by Gasteiger charge is 2.40. The van der Waals surface area contributed by atoms with Crippen molar-refractivity contribution in [1.82, 2.24) is 37.2 Å². The van der Waals surface area contributed by atoms with E-state index in [9.17, 15) is 38.4 Å². The first-order chi connectivity index (χ1) is 32.8. The maximum atomic E-state index is 14.6. The molecule has 0 fully saturated rings. The zero-order chi connectivity index (χ0) is 51.1. The van der Waals surface area contributed by atoms with Crippen molar-refractivity contribution in [2.45, 2.75) is 107 Å². The lowest BCUT2D eigenvalue weighted by Crippen LogP contribution is -2.59. The fourth-order valence-corrected chi connectivity index (χ4v) is 7.10. The van der Waals surface area contributed by atoms with E-state index in [1.807, 2.05) is 91.0 Å². The van der Waals surface area contributed by atoms with Gasteiger partial charge in [0.05, 0.1) is 13.5 Å². The van der Waals surface area contributed by atoms with Crippen LogP contribution >= 0.6 is 0 Å². The molecule has 0 aromatic heterocycles. The van der Waals surface area contributed by atoms with Crippen molar-refractivity contribution < 1.29 is 47.8 Å². The van der Waals surface area contributed by atoms with Gasteiger partial charge < -0.3 is 46.7 Å². The number of benzene rings is 3. The second kappa shape index (κ2) is 27.1. The maximum Gasteiger partial charge on any atom is 0.408 e. The third kappa shape index (κ3) is 16.8. The Labute approximate surface area is 404 Å². The summed E-state index contributed by atoms with van der Waals surface area (Å²) in [6.45, 7) is 21.0. The molecule has 7 N–H and O–H groups in total. The van der Waals surface area contributed by atoms with Gasteiger partial charge in [-0.05, 0) is 70.1 Å². The van der Waals surface area contributed by atoms with E-state index >= 15 is 0 Å². The molecule has 0 spiro atoms. The van der Waals surface area contributed by atoms with E-state index in [0.717, 1.165) is 7.11 Å². The largest absolute Gasteiger partial charge is 0.467 e. The number of ether oxygens (including phenoxy) is 2. The summed E-state index contributed by atoms with van der Waals surface area (Å²) in [7, 11) is 1.14. The molecule has 17 heteroatoms. The molecule has 6 atom stereocenters. The zero-order valence-corrected chi connectivity index (χ0v) is 39.9. The number of esters is 1. The molecule has 69 heavy (non-hydrogen) atoms. The minimum Gasteiger partial charge on any atom is -0.467 e. The summed E-state index contributed by atoms with van der Waals surface area (Å²) in [5, 5.41) is 18.4. The third-order valence-corrected chi connectivity index (χ3v) is 10.4. The molecule has 0 aliphatic heterocycles. The van der Waals surface area contributed by atoms with E-state index in [1.54, 1.807) is 20.8 Å². The van der Waals surface area contributed by atoms with E-state index in [4.69, 9.17) is 9.47 Å². The van der Waals surface area contributed by atoms with Crippen LogP contribution < -0.4 is 37.2 Å². The van der Waals surface area contributed by atoms with Crippen LogP contribution in [0.4, 0.5) is 4.79 Å². The Morgan fingerprint density at radius 1 is 0.507 bits per heavy atom. The number of rotatable bonds is 26. The van der Waals surface area contributed by atoms with E-state index in [1.165, 1.54) is 31.2 Å². The molecule has 17 nitrogen and oxygen atoms in total. The van der Waals surface area contributed by atoms with Crippen molar-refractivity contribution in [3.63, 3.8) is 0 Å². The fourth-order valence-electron chi connectivity index (χ4n) is 7.10. The van der Waals surface area contributed by atoms with Crippen LogP contribution in [0.25, 0.3) is 0 Å². The van der Waals surface area contributed by atoms with Crippen molar-refractivity contribution in [2.75, 3.05) is 7.11 Å². The summed E-state index contributed by atoms with van der Waals surface area (Å²) in [5.74, 6) is -5.67. The quantitative estimate of drug-likeness (QED) is 0.0342. The van der Waals surface area contributed by atoms with Crippen LogP contribution in [0.2, 0.25) is 0 Å². The Bertz CT molecular complexity index is 2190. The van der Waals surface area contributed by atoms with Gasteiger partial charge in [0, 0.05) is 0 Å². The number of carbonyl (C=O) groups is 8. The molecule has 368 valence electrons. The number of amides is 7. The number of methoxy groups -OCH3 is 1. The van der Waals surface area contributed by atoms with Crippen molar-refractivity contribution in [1.29, 1.82) is 0 Å². The van der Waals surface area contributed by atoms with Crippen molar-refractivity contribution in [2.24, 2.45) is 0 Å². The number of nitrogens with one attached hydrogen (secondary N) is 7. The van der Waals surface area contributed by atoms with E-state index in [-0.39, 0.29) is 25.7 Å². The van der Waals surface area contributed by atoms with E-state index in [0.29, 0.717) is 16.7 Å². The van der Waals surface area contributed by atoms with Crippen molar-refractivity contribution in [3.05, 3.63) is 158 Å². The minimum absolute atomic E-state index is 0.0113. The van der Waals surface area contributed by atoms with Gasteiger partial charge in [0.1, 0.15) is 47.4 Å². The number of carbonyl (C=O) groups excluding carboxylic acids is 8. The van der Waals surface area contributed by atoms with Crippen LogP contribution in [0.15, 0.2) is 142 Å². The van der Waals surface area contributed by atoms with Gasteiger partial charge in [0.15, 0.2) is 0 Å². The Balaban J connectivity index is 1.93. The predicted octanol–water partition coefficient (Wildman–Crippen LogP) is 4.30. The highest BCUT2D eigenvalue weighted by Crippen LogP contribution is 2.37. The Kier molecular flexibility index (Phi) is 21.8. The Morgan fingerprint density at radius 3 is 1.26 bits per heavy atom. The van der Waals surface area contributed by atoms with Crippen molar-refractivity contribution in [3.8, 4) is 0 Å². The summed E-state index contributed by atoms with van der Waals surface area (Å²) in [6.07, 6.45) is 3.69. The average molecular weight is 948 g/mol. The normalized spacial score (nSPS) is 13.6. The zero-order valence-electron chi connectivity index (χ0n) is 39.9. The topological polar surface area (TPSA) is 239 Å². The Morgan fingerprint density at radius 2 is 0.855 bits per heavy atom. The highest BCUT2D eigenvalue weighted by molar-refractivity contribution is 5.98. The van der Waals surface area contributed by atoms with Crippen LogP contribution in [0.5, 0.6) is 0 Å². The monoisotopic (exact) mass is 947 g/mol. The van der Waals surface area contributed by atoms with Gasteiger partial charge >= 0.3 is 12.1 Å². The molecule has 3 rings (SSSR count). The summed E-state index contributed by atoms with van der Waals surface area (Å²) in [5.41, 5.74) is -0.0598. The van der Waals surface area contributed by atoms with Gasteiger partial charge in [-0.3, -0.25) is 28.8 Å². The second-order valence-corrected chi connectivity index (χ2v) is 16.9. The lowest BCUT2D eigenvalue weighted by atomic mass is 9.77. The molecule has 0 radical (unpaired) electrons. The first-order valence-corrected chi connectivity index (χ1v) is 22.3. The number of hydrogen-bond donors (Lipinski definition) is 7. The van der Waals surface area contributed by atoms with Gasteiger partial charge in [0.2, 0.25) is 35.4 Å². The number of alkyl carbamates (subject to hydrolysis) is 1. The smallest absolute Gasteiger partial charge is 0.408 e. The molecule has 0 heterocycles. The molecule has 3 aromatic carbocycles. The molecule has 0 saturated carbocycles. The predicted molar refractivity (Wildman–Crippen MR) is 262 cm³/mol. The lowest BCUT2D eigenvalue weighted by Gasteiger charge is -2.37. The van der Waals surface area contributed by atoms with Crippen LogP contribution in [0, 0.1) is 0 Å². The van der Waals surface area contributed by atoms with Gasteiger partial charge in [-0.15, -0.1) is 26.3 Å². The standard InChI is InChI=1S/C52H65N7O10/c1-10-23-38(54-44(61)34(5)53-45(62)40(25-12-3)58-50(67)69-51(6,7)8)46(63)55-39(24-11-2)47(64)57-42(48(65)56-41(26-13-4)49(66)68-9)33-43(60)59-52(35-27-17-14-18-28-35,36-29-19-15-20-30-36)37-31-21-16-22-32-37/h10-22,27-32,34,38-42H,1-4,23-26,33H2,5-9H3,(H,53,62)(H,54,61)(H,55,63)(H,56,65)(H,57,64)(H,58,67)(H,59,60)/t34-,38-,39-,40-,41-,42-/m0/s1. The fraction of sp³-hybridized carbons (Fsp3) is 0.346. The second-order valence-electron chi connectivity index (χ2n) is 16.9. The summed E-state index contributed by atoms with van der Waals surface area (Å²) >= 11 is 0. The molecular formula is C52H65N7O10. The molecule has 0 aliphatic rings. The first-order valence-electron chi connectivity index (χ1n) is 22.3. The molecule has 7 amide bonds. The van der Waals surface area contributed by atoms with Crippen LogP contribution in [-0.4, -0.2) is 96.5 Å².